The van der Waals surface area contributed by atoms with Crippen LogP contribution in [0.3, 0.4) is 0 Å². The standard InChI is InChI=1S/C28H36N2O3/c1-19-13-15-22(16-14-19)20(2)17-24(31)18-25(28(4,5)6)26(32)29-21(3)27(33)30(7)23-11-9-8-10-12-23/h8-17,21,25H,18H2,1-7H3,(H,29,32)/b20-17+/t21-,25+/m0/s1. The third kappa shape index (κ3) is 7.41. The van der Waals surface area contributed by atoms with Gasteiger partial charge in [0.15, 0.2) is 5.78 Å². The molecule has 2 amide bonds. The number of hydrogen-bond acceptors (Lipinski definition) is 3. The number of nitrogens with zero attached hydrogens (tertiary/aromatic N) is 1. The second-order valence-corrected chi connectivity index (χ2v) is 9.75. The lowest BCUT2D eigenvalue weighted by molar-refractivity contribution is -0.134. The first-order valence-corrected chi connectivity index (χ1v) is 11.3. The van der Waals surface area contributed by atoms with Gasteiger partial charge in [0.1, 0.15) is 6.04 Å². The van der Waals surface area contributed by atoms with Crippen LogP contribution in [-0.2, 0) is 14.4 Å². The number of aryl methyl sites for hydroxylation is 1. The number of ketones is 1. The number of allylic oxidation sites excluding steroid dienone is 2. The molecular formula is C28H36N2O3. The first-order valence-electron chi connectivity index (χ1n) is 11.3. The zero-order valence-corrected chi connectivity index (χ0v) is 20.8. The Morgan fingerprint density at radius 2 is 1.58 bits per heavy atom. The molecular weight excluding hydrogens is 412 g/mol. The van der Waals surface area contributed by atoms with E-state index in [2.05, 4.69) is 5.32 Å². The number of carbonyl (C=O) groups excluding carboxylic acids is 3. The van der Waals surface area contributed by atoms with Crippen LogP contribution < -0.4 is 10.2 Å². The molecule has 0 radical (unpaired) electrons. The molecule has 0 bridgehead atoms. The largest absolute Gasteiger partial charge is 0.344 e. The number of likely N-dealkylation sites (N-methyl/N-ethyl adjacent to an activating group) is 1. The molecule has 0 saturated heterocycles. The maximum Gasteiger partial charge on any atom is 0.249 e. The zero-order chi connectivity index (χ0) is 24.8. The molecule has 0 aliphatic carbocycles. The Balaban J connectivity index is 2.10. The second-order valence-electron chi connectivity index (χ2n) is 9.75. The van der Waals surface area contributed by atoms with E-state index in [1.54, 1.807) is 20.0 Å². The molecule has 0 fully saturated rings. The SMILES string of the molecule is C/C(=C\C(=O)C[C@H](C(=O)N[C@@H](C)C(=O)N(C)c1ccccc1)C(C)(C)C)c1ccc(C)cc1. The van der Waals surface area contributed by atoms with Gasteiger partial charge < -0.3 is 10.2 Å². The van der Waals surface area contributed by atoms with Crippen LogP contribution in [0.1, 0.15) is 52.2 Å². The summed E-state index contributed by atoms with van der Waals surface area (Å²) in [5, 5.41) is 2.83. The lowest BCUT2D eigenvalue weighted by Crippen LogP contribution is -2.49. The Labute approximate surface area is 197 Å². The average Bonchev–Trinajstić information content (AvgIpc) is 2.76. The summed E-state index contributed by atoms with van der Waals surface area (Å²) in [6.07, 6.45) is 1.68. The molecule has 176 valence electrons. The summed E-state index contributed by atoms with van der Waals surface area (Å²) in [6.45, 7) is 11.4. The minimum absolute atomic E-state index is 0.0774. The van der Waals surface area contributed by atoms with Crippen molar-refractivity contribution in [3.63, 3.8) is 0 Å². The minimum atomic E-state index is -0.715. The van der Waals surface area contributed by atoms with Gasteiger partial charge in [0.2, 0.25) is 11.8 Å². The topological polar surface area (TPSA) is 66.5 Å². The van der Waals surface area contributed by atoms with E-state index >= 15 is 0 Å². The number of carbonyl (C=O) groups is 3. The first kappa shape index (κ1) is 26.0. The Bertz CT molecular complexity index is 1000. The van der Waals surface area contributed by atoms with Gasteiger partial charge in [0.05, 0.1) is 0 Å². The quantitative estimate of drug-likeness (QED) is 0.565. The number of rotatable bonds is 8. The average molecular weight is 449 g/mol. The van der Waals surface area contributed by atoms with Crippen molar-refractivity contribution >= 4 is 28.9 Å². The van der Waals surface area contributed by atoms with E-state index in [4.69, 9.17) is 0 Å². The van der Waals surface area contributed by atoms with Gasteiger partial charge in [0.25, 0.3) is 0 Å². The fourth-order valence-corrected chi connectivity index (χ4v) is 3.64. The highest BCUT2D eigenvalue weighted by molar-refractivity contribution is 6.01. The van der Waals surface area contributed by atoms with E-state index < -0.39 is 17.4 Å². The maximum absolute atomic E-state index is 13.1. The van der Waals surface area contributed by atoms with Crippen LogP contribution in [0.15, 0.2) is 60.7 Å². The number of nitrogens with one attached hydrogen (secondary N) is 1. The molecule has 5 nitrogen and oxygen atoms in total. The third-order valence-corrected chi connectivity index (χ3v) is 5.85. The van der Waals surface area contributed by atoms with E-state index in [9.17, 15) is 14.4 Å². The van der Waals surface area contributed by atoms with Gasteiger partial charge in [-0.1, -0.05) is 68.8 Å². The van der Waals surface area contributed by atoms with Gasteiger partial charge in [0, 0.05) is 25.1 Å². The smallest absolute Gasteiger partial charge is 0.249 e. The summed E-state index contributed by atoms with van der Waals surface area (Å²) >= 11 is 0. The zero-order valence-electron chi connectivity index (χ0n) is 20.8. The van der Waals surface area contributed by atoms with Crippen LogP contribution in [0, 0.1) is 18.3 Å². The summed E-state index contributed by atoms with van der Waals surface area (Å²) in [6, 6.07) is 16.5. The van der Waals surface area contributed by atoms with E-state index in [-0.39, 0.29) is 24.0 Å². The molecule has 0 spiro atoms. The molecule has 5 heteroatoms. The summed E-state index contributed by atoms with van der Waals surface area (Å²) in [5.74, 6) is -1.18. The second kappa shape index (κ2) is 11.1. The van der Waals surface area contributed by atoms with Crippen LogP contribution in [0.5, 0.6) is 0 Å². The molecule has 0 aromatic heterocycles. The molecule has 0 heterocycles. The van der Waals surface area contributed by atoms with E-state index in [0.29, 0.717) is 0 Å². The highest BCUT2D eigenvalue weighted by atomic mass is 16.2. The Morgan fingerprint density at radius 3 is 2.12 bits per heavy atom. The predicted molar refractivity (Wildman–Crippen MR) is 135 cm³/mol. The molecule has 0 saturated carbocycles. The molecule has 0 unspecified atom stereocenters. The highest BCUT2D eigenvalue weighted by Crippen LogP contribution is 2.30. The number of para-hydroxylation sites is 1. The van der Waals surface area contributed by atoms with Crippen LogP contribution in [-0.4, -0.2) is 30.7 Å². The van der Waals surface area contributed by atoms with Crippen molar-refractivity contribution < 1.29 is 14.4 Å². The van der Waals surface area contributed by atoms with Crippen LogP contribution in [0.4, 0.5) is 5.69 Å². The maximum atomic E-state index is 13.1. The van der Waals surface area contributed by atoms with Gasteiger partial charge in [-0.2, -0.15) is 0 Å². The van der Waals surface area contributed by atoms with Gasteiger partial charge in [-0.05, 0) is 55.5 Å². The van der Waals surface area contributed by atoms with E-state index in [1.165, 1.54) is 4.90 Å². The Morgan fingerprint density at radius 1 is 1.00 bits per heavy atom. The summed E-state index contributed by atoms with van der Waals surface area (Å²) in [5.41, 5.74) is 3.31. The van der Waals surface area contributed by atoms with E-state index in [0.717, 1.165) is 22.4 Å². The van der Waals surface area contributed by atoms with Crippen molar-refractivity contribution in [3.8, 4) is 0 Å². The van der Waals surface area contributed by atoms with Crippen LogP contribution >= 0.6 is 0 Å². The van der Waals surface area contributed by atoms with Gasteiger partial charge in [-0.3, -0.25) is 14.4 Å². The van der Waals surface area contributed by atoms with Crippen molar-refractivity contribution in [2.75, 3.05) is 11.9 Å². The lowest BCUT2D eigenvalue weighted by atomic mass is 9.77. The van der Waals surface area contributed by atoms with Gasteiger partial charge in [-0.25, -0.2) is 0 Å². The lowest BCUT2D eigenvalue weighted by Gasteiger charge is -2.31. The number of hydrogen-bond donors (Lipinski definition) is 1. The van der Waals surface area contributed by atoms with Crippen molar-refractivity contribution in [1.82, 2.24) is 5.32 Å². The molecule has 0 aliphatic heterocycles. The van der Waals surface area contributed by atoms with Crippen molar-refractivity contribution in [2.45, 2.75) is 54.0 Å². The molecule has 2 aromatic rings. The number of anilines is 1. The molecule has 2 atom stereocenters. The minimum Gasteiger partial charge on any atom is -0.344 e. The monoisotopic (exact) mass is 448 g/mol. The molecule has 0 aliphatic rings. The van der Waals surface area contributed by atoms with Gasteiger partial charge >= 0.3 is 0 Å². The first-order chi connectivity index (χ1) is 15.4. The number of benzene rings is 2. The summed E-state index contributed by atoms with van der Waals surface area (Å²) in [4.78, 5) is 40.3. The van der Waals surface area contributed by atoms with E-state index in [1.807, 2.05) is 89.2 Å². The molecule has 1 N–H and O–H groups in total. The van der Waals surface area contributed by atoms with Crippen molar-refractivity contribution in [2.24, 2.45) is 11.3 Å². The van der Waals surface area contributed by atoms with Crippen LogP contribution in [0.2, 0.25) is 0 Å². The third-order valence-electron chi connectivity index (χ3n) is 5.85. The fourth-order valence-electron chi connectivity index (χ4n) is 3.64. The Kier molecular flexibility index (Phi) is 8.75. The summed E-state index contributed by atoms with van der Waals surface area (Å²) < 4.78 is 0. The molecule has 33 heavy (non-hydrogen) atoms. The Hall–Kier alpha value is -3.21. The van der Waals surface area contributed by atoms with Crippen molar-refractivity contribution in [1.29, 1.82) is 0 Å². The fraction of sp³-hybridized carbons (Fsp3) is 0.393. The highest BCUT2D eigenvalue weighted by Gasteiger charge is 2.34. The summed E-state index contributed by atoms with van der Waals surface area (Å²) in [7, 11) is 1.68. The normalized spacial score (nSPS) is 13.7. The van der Waals surface area contributed by atoms with Gasteiger partial charge in [-0.15, -0.1) is 0 Å². The molecule has 2 rings (SSSR count). The predicted octanol–water partition coefficient (Wildman–Crippen LogP) is 5.19. The number of amides is 2. The molecule has 2 aromatic carbocycles. The van der Waals surface area contributed by atoms with Crippen LogP contribution in [0.25, 0.3) is 5.57 Å². The van der Waals surface area contributed by atoms with Crippen molar-refractivity contribution in [3.05, 3.63) is 71.8 Å².